The largest absolute Gasteiger partial charge is 0.480 e. The molecule has 2 atom stereocenters. The summed E-state index contributed by atoms with van der Waals surface area (Å²) >= 11 is 0. The van der Waals surface area contributed by atoms with Crippen LogP contribution in [0.15, 0.2) is 25.3 Å². The zero-order chi connectivity index (χ0) is 11.2. The van der Waals surface area contributed by atoms with Crippen molar-refractivity contribution in [1.29, 1.82) is 0 Å². The summed E-state index contributed by atoms with van der Waals surface area (Å²) in [6.45, 7) is 6.84. The van der Waals surface area contributed by atoms with Gasteiger partial charge in [-0.2, -0.15) is 0 Å². The van der Waals surface area contributed by atoms with Crippen LogP contribution >= 0.6 is 0 Å². The lowest BCUT2D eigenvalue weighted by Crippen LogP contribution is -2.52. The first-order valence-electron chi connectivity index (χ1n) is 4.05. The van der Waals surface area contributed by atoms with Crippen molar-refractivity contribution in [2.45, 2.75) is 12.0 Å². The standard InChI is InChI=1S/C9H15NO3S/c1-3-5-9(10,8(11)12)7-14(13)6-4-2/h3-4H,1-2,5-7,10H2,(H,11,12)/t9-,14?/m0/s1. The van der Waals surface area contributed by atoms with E-state index in [1.54, 1.807) is 0 Å². The predicted molar refractivity (Wildman–Crippen MR) is 57.4 cm³/mol. The fourth-order valence-corrected chi connectivity index (χ4v) is 2.14. The van der Waals surface area contributed by atoms with Crippen LogP contribution in [0.5, 0.6) is 0 Å². The van der Waals surface area contributed by atoms with Gasteiger partial charge in [0.15, 0.2) is 0 Å². The second kappa shape index (κ2) is 5.72. The number of hydrogen-bond acceptors (Lipinski definition) is 3. The first-order chi connectivity index (χ1) is 6.46. The van der Waals surface area contributed by atoms with Crippen molar-refractivity contribution < 1.29 is 14.1 Å². The van der Waals surface area contributed by atoms with Crippen LogP contribution in [0, 0.1) is 0 Å². The Kier molecular flexibility index (Phi) is 5.34. The van der Waals surface area contributed by atoms with Gasteiger partial charge in [0, 0.05) is 16.6 Å². The van der Waals surface area contributed by atoms with E-state index in [-0.39, 0.29) is 17.9 Å². The molecule has 0 aromatic rings. The molecule has 0 aliphatic heterocycles. The van der Waals surface area contributed by atoms with Crippen molar-refractivity contribution >= 4 is 16.8 Å². The summed E-state index contributed by atoms with van der Waals surface area (Å²) in [5, 5.41) is 8.85. The molecule has 0 bridgehead atoms. The van der Waals surface area contributed by atoms with Crippen molar-refractivity contribution in [3.8, 4) is 0 Å². The lowest BCUT2D eigenvalue weighted by molar-refractivity contribution is -0.142. The van der Waals surface area contributed by atoms with Gasteiger partial charge < -0.3 is 10.8 Å². The number of carboxylic acid groups (broad SMARTS) is 1. The Hall–Kier alpha value is -0.940. The lowest BCUT2D eigenvalue weighted by atomic mass is 10.00. The number of rotatable bonds is 7. The molecule has 0 rings (SSSR count). The van der Waals surface area contributed by atoms with Gasteiger partial charge >= 0.3 is 5.97 Å². The van der Waals surface area contributed by atoms with Crippen molar-refractivity contribution in [2.24, 2.45) is 5.73 Å². The van der Waals surface area contributed by atoms with Gasteiger partial charge in [-0.15, -0.1) is 13.2 Å². The molecule has 1 unspecified atom stereocenters. The fraction of sp³-hybridized carbons (Fsp3) is 0.444. The molecule has 4 nitrogen and oxygen atoms in total. The second-order valence-corrected chi connectivity index (χ2v) is 4.50. The highest BCUT2D eigenvalue weighted by molar-refractivity contribution is 7.85. The van der Waals surface area contributed by atoms with Crippen molar-refractivity contribution in [2.75, 3.05) is 11.5 Å². The third kappa shape index (κ3) is 3.85. The van der Waals surface area contributed by atoms with E-state index >= 15 is 0 Å². The Bertz CT molecular complexity index is 265. The molecule has 0 amide bonds. The Balaban J connectivity index is 4.51. The molecule has 14 heavy (non-hydrogen) atoms. The average Bonchev–Trinajstić information content (AvgIpc) is 2.04. The van der Waals surface area contributed by atoms with E-state index in [9.17, 15) is 9.00 Å². The van der Waals surface area contributed by atoms with Crippen LogP contribution in [0.1, 0.15) is 6.42 Å². The molecule has 0 heterocycles. The summed E-state index contributed by atoms with van der Waals surface area (Å²) < 4.78 is 11.3. The first kappa shape index (κ1) is 13.1. The molecule has 3 N–H and O–H groups in total. The van der Waals surface area contributed by atoms with Crippen LogP contribution in [-0.2, 0) is 15.6 Å². The SMILES string of the molecule is C=CCS(=O)C[C@@](N)(CC=C)C(=O)O. The predicted octanol–water partition coefficient (Wildman–Crippen LogP) is 0.279. The van der Waals surface area contributed by atoms with E-state index in [1.165, 1.54) is 12.2 Å². The van der Waals surface area contributed by atoms with Crippen LogP contribution in [0.25, 0.3) is 0 Å². The summed E-state index contributed by atoms with van der Waals surface area (Å²) in [4.78, 5) is 10.8. The van der Waals surface area contributed by atoms with Gasteiger partial charge in [0.25, 0.3) is 0 Å². The molecule has 0 aromatic carbocycles. The minimum Gasteiger partial charge on any atom is -0.480 e. The Labute approximate surface area is 85.9 Å². The van der Waals surface area contributed by atoms with Gasteiger partial charge in [-0.05, 0) is 6.42 Å². The average molecular weight is 217 g/mol. The molecule has 0 fully saturated rings. The third-order valence-electron chi connectivity index (χ3n) is 1.66. The molecule has 5 heteroatoms. The monoisotopic (exact) mass is 217 g/mol. The second-order valence-electron chi connectivity index (χ2n) is 2.99. The summed E-state index contributed by atoms with van der Waals surface area (Å²) in [5.41, 5.74) is 4.11. The van der Waals surface area contributed by atoms with Crippen LogP contribution < -0.4 is 5.73 Å². The Morgan fingerprint density at radius 2 is 2.07 bits per heavy atom. The molecule has 0 saturated heterocycles. The molecule has 0 aliphatic rings. The van der Waals surface area contributed by atoms with E-state index in [4.69, 9.17) is 10.8 Å². The van der Waals surface area contributed by atoms with Crippen LogP contribution in [-0.4, -0.2) is 32.3 Å². The fourth-order valence-electron chi connectivity index (χ4n) is 0.943. The van der Waals surface area contributed by atoms with Gasteiger partial charge in [0.1, 0.15) is 5.54 Å². The number of aliphatic carboxylic acids is 1. The molecule has 0 aromatic heterocycles. The topological polar surface area (TPSA) is 80.4 Å². The van der Waals surface area contributed by atoms with Crippen molar-refractivity contribution in [1.82, 2.24) is 0 Å². The maximum Gasteiger partial charge on any atom is 0.324 e. The molecule has 0 spiro atoms. The van der Waals surface area contributed by atoms with Crippen LogP contribution in [0.2, 0.25) is 0 Å². The van der Waals surface area contributed by atoms with E-state index in [0.717, 1.165) is 0 Å². The molecule has 0 saturated carbocycles. The Morgan fingerprint density at radius 3 is 2.43 bits per heavy atom. The summed E-state index contributed by atoms with van der Waals surface area (Å²) in [7, 11) is -1.28. The number of carbonyl (C=O) groups is 1. The minimum atomic E-state index is -1.48. The third-order valence-corrected chi connectivity index (χ3v) is 3.10. The van der Waals surface area contributed by atoms with Gasteiger partial charge in [-0.25, -0.2) is 0 Å². The van der Waals surface area contributed by atoms with E-state index in [2.05, 4.69) is 13.2 Å². The zero-order valence-corrected chi connectivity index (χ0v) is 8.76. The summed E-state index contributed by atoms with van der Waals surface area (Å²) in [6, 6.07) is 0. The smallest absolute Gasteiger partial charge is 0.324 e. The van der Waals surface area contributed by atoms with Crippen LogP contribution in [0.3, 0.4) is 0 Å². The van der Waals surface area contributed by atoms with E-state index in [1.807, 2.05) is 0 Å². The normalized spacial score (nSPS) is 16.6. The number of carboxylic acids is 1. The summed E-state index contributed by atoms with van der Waals surface area (Å²) in [5.74, 6) is -0.987. The Morgan fingerprint density at radius 1 is 1.50 bits per heavy atom. The van der Waals surface area contributed by atoms with Gasteiger partial charge in [-0.1, -0.05) is 12.2 Å². The quantitative estimate of drug-likeness (QED) is 0.600. The van der Waals surface area contributed by atoms with E-state index in [0.29, 0.717) is 0 Å². The number of nitrogens with two attached hydrogens (primary N) is 1. The van der Waals surface area contributed by atoms with Crippen molar-refractivity contribution in [3.63, 3.8) is 0 Å². The highest BCUT2D eigenvalue weighted by atomic mass is 32.2. The molecular weight excluding hydrogens is 202 g/mol. The van der Waals surface area contributed by atoms with Crippen molar-refractivity contribution in [3.05, 3.63) is 25.3 Å². The zero-order valence-electron chi connectivity index (χ0n) is 7.94. The maximum atomic E-state index is 11.3. The van der Waals surface area contributed by atoms with Gasteiger partial charge in [-0.3, -0.25) is 9.00 Å². The summed E-state index contributed by atoms with van der Waals surface area (Å²) in [6.07, 6.45) is 3.00. The van der Waals surface area contributed by atoms with Crippen LogP contribution in [0.4, 0.5) is 0 Å². The molecule has 80 valence electrons. The number of hydrogen-bond donors (Lipinski definition) is 2. The molecule has 0 radical (unpaired) electrons. The first-order valence-corrected chi connectivity index (χ1v) is 5.54. The maximum absolute atomic E-state index is 11.3. The molecule has 0 aliphatic carbocycles. The minimum absolute atomic E-state index is 0.0830. The highest BCUT2D eigenvalue weighted by Gasteiger charge is 2.34. The molecular formula is C9H15NO3S. The van der Waals surface area contributed by atoms with E-state index < -0.39 is 22.3 Å². The van der Waals surface area contributed by atoms with Gasteiger partial charge in [0.2, 0.25) is 0 Å². The lowest BCUT2D eigenvalue weighted by Gasteiger charge is -2.22. The highest BCUT2D eigenvalue weighted by Crippen LogP contribution is 2.10. The van der Waals surface area contributed by atoms with Gasteiger partial charge in [0.05, 0.1) is 5.75 Å².